The summed E-state index contributed by atoms with van der Waals surface area (Å²) in [7, 11) is 0. The van der Waals surface area contributed by atoms with Crippen molar-refractivity contribution in [1.29, 1.82) is 0 Å². The number of anilines is 1. The van der Waals surface area contributed by atoms with Gasteiger partial charge in [0.2, 0.25) is 5.13 Å². The second-order valence-electron chi connectivity index (χ2n) is 21.3. The molecule has 0 unspecified atom stereocenters. The number of carbonyl (C=O) groups is 4. The van der Waals surface area contributed by atoms with Crippen molar-refractivity contribution in [2.75, 3.05) is 51.2 Å². The molecule has 18 heteroatoms. The molecule has 0 atom stereocenters. The highest BCUT2D eigenvalue weighted by Gasteiger charge is 2.30. The lowest BCUT2D eigenvalue weighted by atomic mass is 9.82. The van der Waals surface area contributed by atoms with Crippen LogP contribution >= 0.6 is 11.3 Å². The molecule has 2 fully saturated rings. The molecule has 5 aromatic rings. The Morgan fingerprint density at radius 2 is 1.07 bits per heavy atom. The van der Waals surface area contributed by atoms with Crippen molar-refractivity contribution >= 4 is 56.8 Å². The zero-order valence-electron chi connectivity index (χ0n) is 48.7. The first kappa shape index (κ1) is 64.3. The topological polar surface area (TPSA) is 189 Å². The van der Waals surface area contributed by atoms with Crippen molar-refractivity contribution in [1.82, 2.24) is 4.98 Å². The van der Waals surface area contributed by atoms with Gasteiger partial charge >= 0.3 is 23.9 Å². The van der Waals surface area contributed by atoms with Crippen LogP contribution in [-0.2, 0) is 38.4 Å². The van der Waals surface area contributed by atoms with Gasteiger partial charge < -0.3 is 38.2 Å². The highest BCUT2D eigenvalue weighted by Crippen LogP contribution is 2.35. The van der Waals surface area contributed by atoms with Gasteiger partial charge in [-0.1, -0.05) is 62.8 Å². The molecular weight excluding hydrogens is 1090 g/mol. The molecule has 0 N–H and O–H groups in total. The van der Waals surface area contributed by atoms with Gasteiger partial charge in [0, 0.05) is 24.3 Å². The number of hydrazone groups is 1. The summed E-state index contributed by atoms with van der Waals surface area (Å²) in [5, 5.41) is 7.69. The molecule has 84 heavy (non-hydrogen) atoms. The normalized spacial score (nSPS) is 16.8. The van der Waals surface area contributed by atoms with E-state index in [0.717, 1.165) is 124 Å². The van der Waals surface area contributed by atoms with Gasteiger partial charge in [-0.05, 0) is 200 Å². The summed E-state index contributed by atoms with van der Waals surface area (Å²) in [5.41, 5.74) is 1.48. The van der Waals surface area contributed by atoms with Crippen LogP contribution < -0.4 is 33.7 Å². The lowest BCUT2D eigenvalue weighted by Gasteiger charge is -2.27. The second-order valence-corrected chi connectivity index (χ2v) is 22.3. The van der Waals surface area contributed by atoms with E-state index in [1.165, 1.54) is 12.2 Å². The molecule has 1 heterocycles. The molecule has 1 aromatic heterocycles. The van der Waals surface area contributed by atoms with Gasteiger partial charge in [-0.25, -0.2) is 19.6 Å². The number of unbranched alkanes of at least 4 members (excludes halogenated alkanes) is 9. The first-order chi connectivity index (χ1) is 41.2. The largest absolute Gasteiger partial charge is 0.494 e. The Bertz CT molecular complexity index is 2790. The average molecular weight is 1170 g/mol. The minimum absolute atomic E-state index is 0.172. The Balaban J connectivity index is 0.862. The van der Waals surface area contributed by atoms with Crippen molar-refractivity contribution in [2.45, 2.75) is 135 Å². The van der Waals surface area contributed by atoms with Crippen LogP contribution in [-0.4, -0.2) is 81.3 Å². The highest BCUT2D eigenvalue weighted by molar-refractivity contribution is 7.22. The van der Waals surface area contributed by atoms with Gasteiger partial charge in [0.1, 0.15) is 23.0 Å². The number of hydrogen-bond donors (Lipinski definition) is 0. The molecule has 0 radical (unpaired) electrons. The van der Waals surface area contributed by atoms with Crippen LogP contribution in [0.1, 0.15) is 141 Å². The van der Waals surface area contributed by atoms with Gasteiger partial charge in [-0.3, -0.25) is 9.59 Å². The average Bonchev–Trinajstić information content (AvgIpc) is 4.09. The monoisotopic (exact) mass is 1170 g/mol. The van der Waals surface area contributed by atoms with E-state index < -0.39 is 11.9 Å². The number of fused-ring (bicyclic) bond motifs is 1. The quantitative estimate of drug-likeness (QED) is 0.00689. The Kier molecular flexibility index (Phi) is 27.9. The highest BCUT2D eigenvalue weighted by atomic mass is 32.1. The summed E-state index contributed by atoms with van der Waals surface area (Å²) in [4.78, 5) is 77.4. The van der Waals surface area contributed by atoms with E-state index in [0.29, 0.717) is 106 Å². The number of nitrogens with zero attached hydrogens (tertiary/aromatic N) is 3. The van der Waals surface area contributed by atoms with Crippen LogP contribution in [0.25, 0.3) is 10.2 Å². The fourth-order valence-electron chi connectivity index (χ4n) is 9.84. The Labute approximate surface area is 498 Å². The van der Waals surface area contributed by atoms with E-state index in [-0.39, 0.29) is 35.6 Å². The van der Waals surface area contributed by atoms with E-state index >= 15 is 0 Å². The number of carbonyl (C=O) groups excluding carboxylic acids is 4. The van der Waals surface area contributed by atoms with E-state index in [2.05, 4.69) is 26.1 Å². The SMILES string of the molecule is C=CC(=O)OCCCCCCOc1ccc(OOCC2CCC(C(=O)Oc3ccc(OOCC4CCC(C(=O)Oc5ccc(OCCCCCCOC(=O)C=C)cc5)CC4)c(/C=N/N(CCCCCC)c4nc5ccccc5s4)c3)CC2)cc1. The maximum atomic E-state index is 13.7. The maximum absolute atomic E-state index is 13.7. The number of para-hydroxylation sites is 1. The molecule has 0 saturated heterocycles. The van der Waals surface area contributed by atoms with E-state index in [4.69, 9.17) is 58.1 Å². The Hall–Kier alpha value is -7.28. The molecular formula is C66H83N3O14S. The molecule has 452 valence electrons. The van der Waals surface area contributed by atoms with Gasteiger partial charge in [-0.2, -0.15) is 14.9 Å². The summed E-state index contributed by atoms with van der Waals surface area (Å²) in [6.45, 7) is 12.3. The number of thiazole rings is 1. The number of esters is 4. The van der Waals surface area contributed by atoms with Crippen LogP contribution in [0.5, 0.6) is 34.5 Å². The van der Waals surface area contributed by atoms with Crippen molar-refractivity contribution in [2.24, 2.45) is 28.8 Å². The predicted octanol–water partition coefficient (Wildman–Crippen LogP) is 14.5. The molecule has 2 aliphatic carbocycles. The zero-order valence-corrected chi connectivity index (χ0v) is 49.5. The molecule has 2 saturated carbocycles. The lowest BCUT2D eigenvalue weighted by Crippen LogP contribution is -2.27. The molecule has 0 spiro atoms. The van der Waals surface area contributed by atoms with E-state index in [1.807, 2.05) is 47.5 Å². The fraction of sp³-hybridized carbons (Fsp3) is 0.485. The van der Waals surface area contributed by atoms with Crippen molar-refractivity contribution in [3.05, 3.63) is 122 Å². The molecule has 2 aliphatic rings. The summed E-state index contributed by atoms with van der Waals surface area (Å²) in [5.74, 6) is 1.89. The molecule has 0 bridgehead atoms. The van der Waals surface area contributed by atoms with Crippen molar-refractivity contribution in [3.63, 3.8) is 0 Å². The van der Waals surface area contributed by atoms with Crippen molar-refractivity contribution < 1.29 is 67.1 Å². The van der Waals surface area contributed by atoms with E-state index in [9.17, 15) is 19.2 Å². The summed E-state index contributed by atoms with van der Waals surface area (Å²) >= 11 is 1.59. The number of hydrogen-bond acceptors (Lipinski definition) is 18. The Morgan fingerprint density at radius 1 is 0.571 bits per heavy atom. The summed E-state index contributed by atoms with van der Waals surface area (Å²) < 4.78 is 34.7. The summed E-state index contributed by atoms with van der Waals surface area (Å²) in [6.07, 6.45) is 21.3. The molecule has 0 aliphatic heterocycles. The predicted molar refractivity (Wildman–Crippen MR) is 324 cm³/mol. The third kappa shape index (κ3) is 22.7. The number of rotatable bonds is 38. The van der Waals surface area contributed by atoms with Gasteiger partial charge in [0.05, 0.1) is 67.9 Å². The van der Waals surface area contributed by atoms with Crippen LogP contribution in [0.15, 0.2) is 121 Å². The lowest BCUT2D eigenvalue weighted by molar-refractivity contribution is -0.218. The third-order valence-electron chi connectivity index (χ3n) is 14.8. The number of benzene rings is 4. The number of ether oxygens (including phenoxy) is 6. The first-order valence-electron chi connectivity index (χ1n) is 30.0. The maximum Gasteiger partial charge on any atom is 0.330 e. The molecule has 0 amide bonds. The van der Waals surface area contributed by atoms with Gasteiger partial charge in [0.15, 0.2) is 11.5 Å². The van der Waals surface area contributed by atoms with E-state index in [1.54, 1.807) is 60.0 Å². The van der Waals surface area contributed by atoms with Crippen LogP contribution in [0, 0.1) is 23.7 Å². The minimum Gasteiger partial charge on any atom is -0.494 e. The smallest absolute Gasteiger partial charge is 0.330 e. The molecule has 7 rings (SSSR count). The second kappa shape index (κ2) is 36.4. The van der Waals surface area contributed by atoms with Crippen LogP contribution in [0.4, 0.5) is 5.13 Å². The van der Waals surface area contributed by atoms with Gasteiger partial charge in [0.25, 0.3) is 0 Å². The third-order valence-corrected chi connectivity index (χ3v) is 15.9. The molecule has 17 nitrogen and oxygen atoms in total. The van der Waals surface area contributed by atoms with Crippen LogP contribution in [0.3, 0.4) is 0 Å². The standard InChI is InChI=1S/C66H83N3O14S/c1-4-7-8-15-40-69(66-68-59-20-13-14-21-61(59)84-66)67-46-53-45-58(81-65(73)52-28-22-49(23-29-52)47-78-82-57-36-32-55(33-37-57)75-42-17-10-12-19-44-77-63(71)6-3)38-39-60(53)83-79-48-50-24-26-51(27-25-50)64(72)80-56-34-30-54(31-35-56)74-41-16-9-11-18-43-76-62(70)5-2/h5-6,13-14,20-21,30-39,45-46,49-52H,2-4,7-12,15-19,22-29,40-44,47-48H2,1H3/b67-46+. The van der Waals surface area contributed by atoms with Crippen molar-refractivity contribution in [3.8, 4) is 34.5 Å². The molecule has 4 aromatic carbocycles. The van der Waals surface area contributed by atoms with Gasteiger partial charge in [-0.15, -0.1) is 0 Å². The minimum atomic E-state index is -0.399. The van der Waals surface area contributed by atoms with Crippen LogP contribution in [0.2, 0.25) is 0 Å². The summed E-state index contributed by atoms with van der Waals surface area (Å²) in [6, 6.07) is 27.7. The fourth-order valence-corrected chi connectivity index (χ4v) is 10.8. The zero-order chi connectivity index (χ0) is 59.0. The Morgan fingerprint density at radius 3 is 1.63 bits per heavy atom. The first-order valence-corrected chi connectivity index (χ1v) is 30.9. The number of aromatic nitrogens is 1.